The SMILES string of the molecule is [Br-].[Br-].c1ccc2c(C[n+]3ccc(-c4cc[n+](Cc5c6ccccc6nc6ccccc56)cc4)cc3)c3ccccc3nc2c1. The first kappa shape index (κ1) is 29.5. The average molecular weight is 700 g/mol. The number of pyridine rings is 4. The maximum absolute atomic E-state index is 4.88. The molecule has 214 valence electrons. The molecular weight excluding hydrogens is 672 g/mol. The van der Waals surface area contributed by atoms with Gasteiger partial charge >= 0.3 is 0 Å². The van der Waals surface area contributed by atoms with Crippen LogP contribution in [0, 0.1) is 0 Å². The fourth-order valence-corrected chi connectivity index (χ4v) is 6.07. The van der Waals surface area contributed by atoms with Crippen LogP contribution in [0.15, 0.2) is 146 Å². The molecule has 0 N–H and O–H groups in total. The maximum Gasteiger partial charge on any atom is 0.175 e. The Balaban J connectivity index is 0.00000171. The van der Waals surface area contributed by atoms with E-state index in [0.29, 0.717) is 0 Å². The zero-order valence-electron chi connectivity index (χ0n) is 23.8. The van der Waals surface area contributed by atoms with Crippen LogP contribution in [0.25, 0.3) is 54.7 Å². The van der Waals surface area contributed by atoms with Crippen molar-refractivity contribution < 1.29 is 43.1 Å². The van der Waals surface area contributed by atoms with Crippen molar-refractivity contribution in [3.05, 3.63) is 157 Å². The van der Waals surface area contributed by atoms with Gasteiger partial charge in [-0.1, -0.05) is 72.8 Å². The van der Waals surface area contributed by atoms with Crippen molar-refractivity contribution in [2.45, 2.75) is 13.1 Å². The Morgan fingerprint density at radius 2 is 0.636 bits per heavy atom. The molecule has 0 spiro atoms. The van der Waals surface area contributed by atoms with Gasteiger partial charge in [0.05, 0.1) is 22.1 Å². The fourth-order valence-electron chi connectivity index (χ4n) is 6.07. The third kappa shape index (κ3) is 5.47. The highest BCUT2D eigenvalue weighted by Gasteiger charge is 2.15. The van der Waals surface area contributed by atoms with E-state index in [4.69, 9.17) is 9.97 Å². The fraction of sp³-hybridized carbons (Fsp3) is 0.0526. The highest BCUT2D eigenvalue weighted by molar-refractivity contribution is 5.98. The van der Waals surface area contributed by atoms with Gasteiger partial charge in [0, 0.05) is 56.9 Å². The van der Waals surface area contributed by atoms with Crippen molar-refractivity contribution in [2.24, 2.45) is 0 Å². The van der Waals surface area contributed by atoms with Crippen molar-refractivity contribution >= 4 is 43.6 Å². The molecular formula is C38H28Br2N4. The zero-order valence-corrected chi connectivity index (χ0v) is 27.0. The molecule has 0 aliphatic carbocycles. The van der Waals surface area contributed by atoms with Gasteiger partial charge in [0.1, 0.15) is 0 Å². The Labute approximate surface area is 276 Å². The Morgan fingerprint density at radius 1 is 0.364 bits per heavy atom. The van der Waals surface area contributed by atoms with Crippen molar-refractivity contribution in [3.8, 4) is 11.1 Å². The number of fused-ring (bicyclic) bond motifs is 4. The lowest BCUT2D eigenvalue weighted by molar-refractivity contribution is -0.688. The number of nitrogens with zero attached hydrogens (tertiary/aromatic N) is 4. The second-order valence-electron chi connectivity index (χ2n) is 10.8. The first-order valence-corrected chi connectivity index (χ1v) is 14.3. The molecule has 0 bridgehead atoms. The number of benzene rings is 4. The van der Waals surface area contributed by atoms with E-state index in [2.05, 4.69) is 155 Å². The molecule has 0 amide bonds. The summed E-state index contributed by atoms with van der Waals surface area (Å²) in [5.41, 5.74) is 9.13. The lowest BCUT2D eigenvalue weighted by atomic mass is 10.0. The highest BCUT2D eigenvalue weighted by atomic mass is 79.9. The molecule has 0 unspecified atom stereocenters. The Morgan fingerprint density at radius 3 is 0.932 bits per heavy atom. The summed E-state index contributed by atoms with van der Waals surface area (Å²) < 4.78 is 4.50. The van der Waals surface area contributed by atoms with E-state index < -0.39 is 0 Å². The predicted molar refractivity (Wildman–Crippen MR) is 169 cm³/mol. The van der Waals surface area contributed by atoms with Crippen LogP contribution in [-0.2, 0) is 13.1 Å². The van der Waals surface area contributed by atoms with Gasteiger partial charge in [-0.3, -0.25) is 0 Å². The quantitative estimate of drug-likeness (QED) is 0.202. The van der Waals surface area contributed by atoms with Crippen LogP contribution in [0.2, 0.25) is 0 Å². The second kappa shape index (κ2) is 12.6. The minimum absolute atomic E-state index is 0. The van der Waals surface area contributed by atoms with Gasteiger partial charge in [-0.25, -0.2) is 19.1 Å². The smallest absolute Gasteiger partial charge is 0.175 e. The van der Waals surface area contributed by atoms with E-state index in [-0.39, 0.29) is 34.0 Å². The van der Waals surface area contributed by atoms with Crippen LogP contribution in [0.4, 0.5) is 0 Å². The number of halogens is 2. The van der Waals surface area contributed by atoms with Gasteiger partial charge in [-0.05, 0) is 35.4 Å². The van der Waals surface area contributed by atoms with Gasteiger partial charge < -0.3 is 34.0 Å². The van der Waals surface area contributed by atoms with E-state index in [0.717, 1.165) is 35.2 Å². The van der Waals surface area contributed by atoms with E-state index in [1.165, 1.54) is 43.8 Å². The summed E-state index contributed by atoms with van der Waals surface area (Å²) in [6, 6.07) is 42.5. The summed E-state index contributed by atoms with van der Waals surface area (Å²) in [6.07, 6.45) is 8.70. The molecule has 8 rings (SSSR count). The van der Waals surface area contributed by atoms with Crippen molar-refractivity contribution in [1.29, 1.82) is 0 Å². The molecule has 44 heavy (non-hydrogen) atoms. The highest BCUT2D eigenvalue weighted by Crippen LogP contribution is 2.27. The van der Waals surface area contributed by atoms with Crippen LogP contribution in [-0.4, -0.2) is 9.97 Å². The molecule has 6 heteroatoms. The van der Waals surface area contributed by atoms with Crippen molar-refractivity contribution in [1.82, 2.24) is 9.97 Å². The molecule has 0 saturated heterocycles. The van der Waals surface area contributed by atoms with Crippen LogP contribution >= 0.6 is 0 Å². The molecule has 0 aliphatic rings. The lowest BCUT2D eigenvalue weighted by Crippen LogP contribution is -3.00. The largest absolute Gasteiger partial charge is 1.00 e. The summed E-state index contributed by atoms with van der Waals surface area (Å²) in [5.74, 6) is 0. The molecule has 0 radical (unpaired) electrons. The van der Waals surface area contributed by atoms with Gasteiger partial charge in [-0.15, -0.1) is 0 Å². The number of hydrogen-bond donors (Lipinski definition) is 0. The van der Waals surface area contributed by atoms with Gasteiger partial charge in [0.2, 0.25) is 0 Å². The Hall–Kier alpha value is -4.52. The third-order valence-corrected chi connectivity index (χ3v) is 8.20. The predicted octanol–water partition coefficient (Wildman–Crippen LogP) is 1.44. The monoisotopic (exact) mass is 698 g/mol. The lowest BCUT2D eigenvalue weighted by Gasteiger charge is -2.09. The number of para-hydroxylation sites is 4. The summed E-state index contributed by atoms with van der Waals surface area (Å²) >= 11 is 0. The molecule has 8 aromatic rings. The summed E-state index contributed by atoms with van der Waals surface area (Å²) in [4.78, 5) is 9.77. The summed E-state index contributed by atoms with van der Waals surface area (Å²) in [7, 11) is 0. The average Bonchev–Trinajstić information content (AvgIpc) is 3.05. The maximum atomic E-state index is 4.88. The molecule has 0 aliphatic heterocycles. The van der Waals surface area contributed by atoms with Gasteiger partial charge in [0.15, 0.2) is 37.9 Å². The standard InChI is InChI=1S/C38H28N4.2BrH/c1-5-13-35-29(9-1)33(30-10-2-6-14-36(30)39-35)25-41-21-17-27(18-22-41)28-19-23-42(24-20-28)26-34-31-11-3-7-15-37(31)40-38-16-8-4-12-32(34)38;;/h1-24H,25-26H2;2*1H/q+2;;/p-2. The Kier molecular flexibility index (Phi) is 8.47. The molecule has 4 nitrogen and oxygen atoms in total. The zero-order chi connectivity index (χ0) is 27.9. The number of hydrogen-bond acceptors (Lipinski definition) is 2. The van der Waals surface area contributed by atoms with Crippen molar-refractivity contribution in [3.63, 3.8) is 0 Å². The van der Waals surface area contributed by atoms with E-state index in [1.807, 2.05) is 0 Å². The van der Waals surface area contributed by atoms with Crippen LogP contribution in [0.5, 0.6) is 0 Å². The van der Waals surface area contributed by atoms with Crippen LogP contribution < -0.4 is 43.1 Å². The summed E-state index contributed by atoms with van der Waals surface area (Å²) in [5, 5.41) is 4.82. The molecule has 0 saturated carbocycles. The Bertz CT molecular complexity index is 1980. The third-order valence-electron chi connectivity index (χ3n) is 8.20. The van der Waals surface area contributed by atoms with E-state index in [1.54, 1.807) is 0 Å². The van der Waals surface area contributed by atoms with Crippen LogP contribution in [0.1, 0.15) is 11.1 Å². The number of aromatic nitrogens is 4. The molecule has 0 atom stereocenters. The molecule has 0 fully saturated rings. The molecule has 4 heterocycles. The normalized spacial score (nSPS) is 11.0. The summed E-state index contributed by atoms with van der Waals surface area (Å²) in [6.45, 7) is 1.57. The van der Waals surface area contributed by atoms with E-state index in [9.17, 15) is 0 Å². The minimum Gasteiger partial charge on any atom is -1.00 e. The van der Waals surface area contributed by atoms with Crippen LogP contribution in [0.3, 0.4) is 0 Å². The second-order valence-corrected chi connectivity index (χ2v) is 10.8. The number of rotatable bonds is 5. The topological polar surface area (TPSA) is 33.5 Å². The molecule has 4 aromatic heterocycles. The van der Waals surface area contributed by atoms with Crippen molar-refractivity contribution in [2.75, 3.05) is 0 Å². The first-order valence-electron chi connectivity index (χ1n) is 14.3. The van der Waals surface area contributed by atoms with Gasteiger partial charge in [-0.2, -0.15) is 0 Å². The molecule has 4 aromatic carbocycles. The minimum atomic E-state index is 0. The van der Waals surface area contributed by atoms with E-state index >= 15 is 0 Å². The van der Waals surface area contributed by atoms with Gasteiger partial charge in [0.25, 0.3) is 0 Å². The first-order chi connectivity index (χ1) is 20.8.